The summed E-state index contributed by atoms with van der Waals surface area (Å²) in [6, 6.07) is 6.52. The number of hydrogen-bond donors (Lipinski definition) is 2. The minimum atomic E-state index is 0.199. The van der Waals surface area contributed by atoms with Crippen molar-refractivity contribution in [1.29, 1.82) is 0 Å². The molecule has 0 spiro atoms. The second-order valence-corrected chi connectivity index (χ2v) is 4.21. The lowest BCUT2D eigenvalue weighted by Crippen LogP contribution is -2.31. The van der Waals surface area contributed by atoms with Gasteiger partial charge in [-0.1, -0.05) is 19.1 Å². The van der Waals surface area contributed by atoms with Crippen LogP contribution in [0.5, 0.6) is 5.75 Å². The highest BCUT2D eigenvalue weighted by atomic mass is 16.5. The molecule has 1 atom stereocenters. The van der Waals surface area contributed by atoms with Crippen LogP contribution in [-0.4, -0.2) is 24.4 Å². The molecule has 2 N–H and O–H groups in total. The number of aliphatic hydroxyl groups excluding tert-OH is 1. The summed E-state index contributed by atoms with van der Waals surface area (Å²) in [5, 5.41) is 12.4. The van der Waals surface area contributed by atoms with Crippen molar-refractivity contribution >= 4 is 0 Å². The molecule has 0 aromatic heterocycles. The lowest BCUT2D eigenvalue weighted by Gasteiger charge is -2.14. The molecule has 0 amide bonds. The average Bonchev–Trinajstić information content (AvgIpc) is 2.77. The van der Waals surface area contributed by atoms with E-state index in [0.29, 0.717) is 0 Å². The van der Waals surface area contributed by atoms with E-state index in [1.807, 2.05) is 6.07 Å². The molecule has 3 nitrogen and oxygen atoms in total. The highest BCUT2D eigenvalue weighted by Gasteiger charge is 2.12. The molecule has 16 heavy (non-hydrogen) atoms. The van der Waals surface area contributed by atoms with Gasteiger partial charge in [0, 0.05) is 19.0 Å². The van der Waals surface area contributed by atoms with Crippen molar-refractivity contribution in [3.63, 3.8) is 0 Å². The van der Waals surface area contributed by atoms with Crippen LogP contribution in [-0.2, 0) is 13.0 Å². The fourth-order valence-corrected chi connectivity index (χ4v) is 1.95. The van der Waals surface area contributed by atoms with Crippen molar-refractivity contribution < 1.29 is 9.84 Å². The summed E-state index contributed by atoms with van der Waals surface area (Å²) in [5.41, 5.74) is 2.56. The molecule has 0 aliphatic carbocycles. The zero-order chi connectivity index (χ0) is 11.4. The summed E-state index contributed by atoms with van der Waals surface area (Å²) in [5.74, 6) is 1.03. The number of rotatable bonds is 5. The molecule has 3 heteroatoms. The van der Waals surface area contributed by atoms with E-state index in [4.69, 9.17) is 9.84 Å². The van der Waals surface area contributed by atoms with Crippen molar-refractivity contribution in [2.24, 2.45) is 0 Å². The first kappa shape index (κ1) is 11.4. The molecule has 0 bridgehead atoms. The van der Waals surface area contributed by atoms with Crippen molar-refractivity contribution in [2.75, 3.05) is 13.2 Å². The SMILES string of the molecule is CC[C@@H](CO)NCc1ccc2c(c1)CCO2. The van der Waals surface area contributed by atoms with Crippen molar-refractivity contribution in [3.05, 3.63) is 29.3 Å². The first-order valence-electron chi connectivity index (χ1n) is 5.92. The van der Waals surface area contributed by atoms with Gasteiger partial charge in [-0.3, -0.25) is 0 Å². The minimum Gasteiger partial charge on any atom is -0.493 e. The number of aliphatic hydroxyl groups is 1. The lowest BCUT2D eigenvalue weighted by atomic mass is 10.1. The van der Waals surface area contributed by atoms with Crippen LogP contribution in [0.15, 0.2) is 18.2 Å². The van der Waals surface area contributed by atoms with E-state index in [1.165, 1.54) is 11.1 Å². The molecule has 1 aromatic carbocycles. The molecule has 0 radical (unpaired) electrons. The molecule has 1 aliphatic heterocycles. The number of benzene rings is 1. The van der Waals surface area contributed by atoms with Crippen LogP contribution < -0.4 is 10.1 Å². The third-order valence-electron chi connectivity index (χ3n) is 3.06. The van der Waals surface area contributed by atoms with Gasteiger partial charge in [0.1, 0.15) is 5.75 Å². The minimum absolute atomic E-state index is 0.199. The van der Waals surface area contributed by atoms with Gasteiger partial charge in [-0.15, -0.1) is 0 Å². The first-order valence-corrected chi connectivity index (χ1v) is 5.92. The Balaban J connectivity index is 1.95. The normalized spacial score (nSPS) is 15.6. The van der Waals surface area contributed by atoms with Crippen LogP contribution in [0.3, 0.4) is 0 Å². The quantitative estimate of drug-likeness (QED) is 0.791. The average molecular weight is 221 g/mol. The molecule has 88 valence electrons. The number of fused-ring (bicyclic) bond motifs is 1. The third kappa shape index (κ3) is 2.54. The summed E-state index contributed by atoms with van der Waals surface area (Å²) < 4.78 is 5.46. The van der Waals surface area contributed by atoms with E-state index in [1.54, 1.807) is 0 Å². The zero-order valence-corrected chi connectivity index (χ0v) is 9.70. The van der Waals surface area contributed by atoms with Crippen LogP contribution in [0.2, 0.25) is 0 Å². The molecular formula is C13H19NO2. The molecule has 1 aliphatic rings. The van der Waals surface area contributed by atoms with Crippen molar-refractivity contribution in [3.8, 4) is 5.75 Å². The van der Waals surface area contributed by atoms with Crippen LogP contribution in [0.1, 0.15) is 24.5 Å². The van der Waals surface area contributed by atoms with E-state index in [0.717, 1.165) is 31.7 Å². The largest absolute Gasteiger partial charge is 0.493 e. The predicted molar refractivity (Wildman–Crippen MR) is 63.6 cm³/mol. The predicted octanol–water partition coefficient (Wildman–Crippen LogP) is 1.48. The lowest BCUT2D eigenvalue weighted by molar-refractivity contribution is 0.238. The van der Waals surface area contributed by atoms with E-state index in [9.17, 15) is 0 Å². The van der Waals surface area contributed by atoms with Gasteiger partial charge in [0.2, 0.25) is 0 Å². The van der Waals surface area contributed by atoms with Gasteiger partial charge in [0.15, 0.2) is 0 Å². The van der Waals surface area contributed by atoms with E-state index in [-0.39, 0.29) is 12.6 Å². The molecule has 1 aromatic rings. The van der Waals surface area contributed by atoms with Crippen LogP contribution in [0.25, 0.3) is 0 Å². The summed E-state index contributed by atoms with van der Waals surface area (Å²) in [6.45, 7) is 3.89. The Kier molecular flexibility index (Phi) is 3.80. The van der Waals surface area contributed by atoms with E-state index >= 15 is 0 Å². The van der Waals surface area contributed by atoms with E-state index in [2.05, 4.69) is 24.4 Å². The Hall–Kier alpha value is -1.06. The Bertz CT molecular complexity index is 348. The van der Waals surface area contributed by atoms with Crippen LogP contribution in [0, 0.1) is 0 Å². The summed E-state index contributed by atoms with van der Waals surface area (Å²) in [6.07, 6.45) is 1.96. The van der Waals surface area contributed by atoms with Gasteiger partial charge in [-0.25, -0.2) is 0 Å². The van der Waals surface area contributed by atoms with Gasteiger partial charge in [0.25, 0.3) is 0 Å². The van der Waals surface area contributed by atoms with Crippen LogP contribution >= 0.6 is 0 Å². The maximum Gasteiger partial charge on any atom is 0.122 e. The van der Waals surface area contributed by atoms with Crippen molar-refractivity contribution in [1.82, 2.24) is 5.32 Å². The topological polar surface area (TPSA) is 41.5 Å². The maximum atomic E-state index is 9.08. The third-order valence-corrected chi connectivity index (χ3v) is 3.06. The van der Waals surface area contributed by atoms with Gasteiger partial charge < -0.3 is 15.2 Å². The summed E-state index contributed by atoms with van der Waals surface area (Å²) in [7, 11) is 0. The summed E-state index contributed by atoms with van der Waals surface area (Å²) in [4.78, 5) is 0. The Labute approximate surface area is 96.4 Å². The monoisotopic (exact) mass is 221 g/mol. The second kappa shape index (κ2) is 5.32. The fourth-order valence-electron chi connectivity index (χ4n) is 1.95. The smallest absolute Gasteiger partial charge is 0.122 e. The molecule has 0 saturated heterocycles. The molecule has 2 rings (SSSR count). The van der Waals surface area contributed by atoms with Crippen LogP contribution in [0.4, 0.5) is 0 Å². The molecular weight excluding hydrogens is 202 g/mol. The second-order valence-electron chi connectivity index (χ2n) is 4.21. The van der Waals surface area contributed by atoms with E-state index < -0.39 is 0 Å². The molecule has 0 saturated carbocycles. The standard InChI is InChI=1S/C13H19NO2/c1-2-12(9-15)14-8-10-3-4-13-11(7-10)5-6-16-13/h3-4,7,12,14-15H,2,5-6,8-9H2,1H3/t12-/m0/s1. The van der Waals surface area contributed by atoms with Gasteiger partial charge >= 0.3 is 0 Å². The first-order chi connectivity index (χ1) is 7.83. The van der Waals surface area contributed by atoms with Gasteiger partial charge in [-0.05, 0) is 23.6 Å². The van der Waals surface area contributed by atoms with Crippen molar-refractivity contribution in [2.45, 2.75) is 32.4 Å². The van der Waals surface area contributed by atoms with Gasteiger partial charge in [0.05, 0.1) is 13.2 Å². The number of ether oxygens (including phenoxy) is 1. The highest BCUT2D eigenvalue weighted by molar-refractivity contribution is 5.39. The highest BCUT2D eigenvalue weighted by Crippen LogP contribution is 2.25. The van der Waals surface area contributed by atoms with Gasteiger partial charge in [-0.2, -0.15) is 0 Å². The zero-order valence-electron chi connectivity index (χ0n) is 9.70. The Morgan fingerprint density at radius 2 is 2.38 bits per heavy atom. The molecule has 0 fully saturated rings. The maximum absolute atomic E-state index is 9.08. The number of hydrogen-bond acceptors (Lipinski definition) is 3. The number of nitrogens with one attached hydrogen (secondary N) is 1. The summed E-state index contributed by atoms with van der Waals surface area (Å²) >= 11 is 0. The Morgan fingerprint density at radius 1 is 1.50 bits per heavy atom. The Morgan fingerprint density at radius 3 is 3.12 bits per heavy atom. The molecule has 0 unspecified atom stereocenters. The fraction of sp³-hybridized carbons (Fsp3) is 0.538. The molecule has 1 heterocycles.